The molecule has 140 valence electrons. The zero-order valence-electron chi connectivity index (χ0n) is 16.2. The summed E-state index contributed by atoms with van der Waals surface area (Å²) in [5, 5.41) is 6.67. The Balaban J connectivity index is 2.27. The Morgan fingerprint density at radius 1 is 1.21 bits per heavy atom. The number of guanidine groups is 1. The molecule has 0 saturated carbocycles. The van der Waals surface area contributed by atoms with Gasteiger partial charge in [-0.2, -0.15) is 0 Å². The lowest BCUT2D eigenvalue weighted by Crippen LogP contribution is -2.51. The molecular weight excluding hydrogens is 306 g/mol. The molecule has 24 heavy (non-hydrogen) atoms. The third kappa shape index (κ3) is 7.05. The van der Waals surface area contributed by atoms with Gasteiger partial charge in [-0.1, -0.05) is 20.8 Å². The lowest BCUT2D eigenvalue weighted by molar-refractivity contribution is -0.130. The number of rotatable bonds is 6. The van der Waals surface area contributed by atoms with Gasteiger partial charge in [0.15, 0.2) is 5.96 Å². The number of nitrogens with zero attached hydrogens (tertiary/aromatic N) is 3. The molecule has 1 aliphatic heterocycles. The normalized spacial score (nSPS) is 18.4. The number of carbonyl (C=O) groups excluding carboxylic acids is 1. The fourth-order valence-electron chi connectivity index (χ4n) is 2.77. The van der Waals surface area contributed by atoms with E-state index >= 15 is 0 Å². The Hall–Kier alpha value is -1.34. The van der Waals surface area contributed by atoms with E-state index in [1.54, 1.807) is 21.1 Å². The number of piperazine rings is 1. The molecular formula is C17H35N5O2. The van der Waals surface area contributed by atoms with Crippen molar-refractivity contribution in [2.24, 2.45) is 10.4 Å². The zero-order valence-corrected chi connectivity index (χ0v) is 16.2. The third-order valence-electron chi connectivity index (χ3n) is 4.47. The number of aliphatic imine (C=N–C) groups is 1. The smallest absolute Gasteiger partial charge is 0.219 e. The molecule has 0 aromatic heterocycles. The number of amides is 1. The number of nitrogens with one attached hydrogen (secondary N) is 2. The van der Waals surface area contributed by atoms with Crippen LogP contribution in [0.25, 0.3) is 0 Å². The first-order valence-corrected chi connectivity index (χ1v) is 8.73. The maximum atomic E-state index is 11.3. The molecule has 1 rings (SSSR count). The Morgan fingerprint density at radius 2 is 1.83 bits per heavy atom. The standard InChI is InChI=1S/C17H35N5O2/c1-14(23)22-11-9-21(10-12-22)8-7-19-16(18-5)20-13-15(24-6)17(2,3)4/h15H,7-13H2,1-6H3,(H2,18,19,20). The van der Waals surface area contributed by atoms with E-state index in [1.807, 2.05) is 4.90 Å². The Kier molecular flexibility index (Phi) is 8.48. The van der Waals surface area contributed by atoms with Crippen LogP contribution in [0.1, 0.15) is 27.7 Å². The fourth-order valence-corrected chi connectivity index (χ4v) is 2.77. The average molecular weight is 342 g/mol. The molecule has 1 aliphatic rings. The van der Waals surface area contributed by atoms with Crippen LogP contribution in [0.5, 0.6) is 0 Å². The van der Waals surface area contributed by atoms with Gasteiger partial charge in [-0.3, -0.25) is 14.7 Å². The van der Waals surface area contributed by atoms with Gasteiger partial charge in [-0.15, -0.1) is 0 Å². The van der Waals surface area contributed by atoms with Crippen LogP contribution in [-0.4, -0.2) is 87.7 Å². The third-order valence-corrected chi connectivity index (χ3v) is 4.47. The molecule has 0 bridgehead atoms. The lowest BCUT2D eigenvalue weighted by atomic mass is 9.89. The van der Waals surface area contributed by atoms with Crippen LogP contribution in [0.4, 0.5) is 0 Å². The van der Waals surface area contributed by atoms with Crippen LogP contribution >= 0.6 is 0 Å². The van der Waals surface area contributed by atoms with Crippen LogP contribution in [0.15, 0.2) is 4.99 Å². The molecule has 1 heterocycles. The molecule has 1 atom stereocenters. The van der Waals surface area contributed by atoms with Crippen LogP contribution in [-0.2, 0) is 9.53 Å². The van der Waals surface area contributed by atoms with Crippen molar-refractivity contribution in [2.75, 3.05) is 60.0 Å². The van der Waals surface area contributed by atoms with Crippen LogP contribution in [0.3, 0.4) is 0 Å². The van der Waals surface area contributed by atoms with E-state index in [9.17, 15) is 4.79 Å². The van der Waals surface area contributed by atoms with Crippen LogP contribution in [0, 0.1) is 5.41 Å². The van der Waals surface area contributed by atoms with Crippen LogP contribution < -0.4 is 10.6 Å². The highest BCUT2D eigenvalue weighted by Crippen LogP contribution is 2.20. The minimum Gasteiger partial charge on any atom is -0.379 e. The highest BCUT2D eigenvalue weighted by atomic mass is 16.5. The summed E-state index contributed by atoms with van der Waals surface area (Å²) in [4.78, 5) is 19.9. The van der Waals surface area contributed by atoms with Gasteiger partial charge in [0.1, 0.15) is 0 Å². The van der Waals surface area contributed by atoms with Crippen molar-refractivity contribution in [3.8, 4) is 0 Å². The van der Waals surface area contributed by atoms with Gasteiger partial charge in [0.2, 0.25) is 5.91 Å². The minimum absolute atomic E-state index is 0.0803. The second kappa shape index (κ2) is 9.84. The van der Waals surface area contributed by atoms with Gasteiger partial charge < -0.3 is 20.3 Å². The topological polar surface area (TPSA) is 69.2 Å². The van der Waals surface area contributed by atoms with Crippen molar-refractivity contribution >= 4 is 11.9 Å². The van der Waals surface area contributed by atoms with Crippen molar-refractivity contribution in [2.45, 2.75) is 33.8 Å². The number of methoxy groups -OCH3 is 1. The number of hydrogen-bond acceptors (Lipinski definition) is 4. The second-order valence-corrected chi connectivity index (χ2v) is 7.32. The first-order valence-electron chi connectivity index (χ1n) is 8.73. The lowest BCUT2D eigenvalue weighted by Gasteiger charge is -2.34. The van der Waals surface area contributed by atoms with E-state index in [4.69, 9.17) is 4.74 Å². The average Bonchev–Trinajstić information content (AvgIpc) is 2.52. The molecule has 0 radical (unpaired) electrons. The van der Waals surface area contributed by atoms with Crippen LogP contribution in [0.2, 0.25) is 0 Å². The minimum atomic E-state index is 0.0803. The number of carbonyl (C=O) groups is 1. The van der Waals surface area contributed by atoms with Crippen molar-refractivity contribution < 1.29 is 9.53 Å². The van der Waals surface area contributed by atoms with Gasteiger partial charge in [0, 0.05) is 66.9 Å². The summed E-state index contributed by atoms with van der Waals surface area (Å²) in [6.45, 7) is 14.1. The Bertz CT molecular complexity index is 412. The SMILES string of the molecule is CN=C(NCCN1CCN(C(C)=O)CC1)NCC(OC)C(C)(C)C. The molecule has 0 spiro atoms. The van der Waals surface area contributed by atoms with E-state index in [0.29, 0.717) is 0 Å². The number of hydrogen-bond donors (Lipinski definition) is 2. The van der Waals surface area contributed by atoms with E-state index in [1.165, 1.54) is 0 Å². The zero-order chi connectivity index (χ0) is 18.2. The second-order valence-electron chi connectivity index (χ2n) is 7.32. The maximum Gasteiger partial charge on any atom is 0.219 e. The van der Waals surface area contributed by atoms with E-state index in [0.717, 1.165) is 51.8 Å². The predicted molar refractivity (Wildman–Crippen MR) is 98.3 cm³/mol. The molecule has 1 fully saturated rings. The quantitative estimate of drug-likeness (QED) is 0.540. The van der Waals surface area contributed by atoms with Gasteiger partial charge in [0.05, 0.1) is 6.10 Å². The Morgan fingerprint density at radius 3 is 2.29 bits per heavy atom. The molecule has 7 nitrogen and oxygen atoms in total. The van der Waals surface area contributed by atoms with E-state index in [2.05, 4.69) is 41.3 Å². The van der Waals surface area contributed by atoms with E-state index < -0.39 is 0 Å². The summed E-state index contributed by atoms with van der Waals surface area (Å²) in [6, 6.07) is 0. The predicted octanol–water partition coefficient (Wildman–Crippen LogP) is 0.377. The van der Waals surface area contributed by atoms with Gasteiger partial charge >= 0.3 is 0 Å². The molecule has 0 aromatic rings. The van der Waals surface area contributed by atoms with Crippen molar-refractivity contribution in [1.29, 1.82) is 0 Å². The Labute approximate surface area is 146 Å². The van der Waals surface area contributed by atoms with Gasteiger partial charge in [-0.05, 0) is 5.41 Å². The highest BCUT2D eigenvalue weighted by molar-refractivity contribution is 5.79. The summed E-state index contributed by atoms with van der Waals surface area (Å²) in [6.07, 6.45) is 0.121. The summed E-state index contributed by atoms with van der Waals surface area (Å²) in [5.74, 6) is 0.965. The highest BCUT2D eigenvalue weighted by Gasteiger charge is 2.24. The molecule has 1 saturated heterocycles. The fraction of sp³-hybridized carbons (Fsp3) is 0.882. The first-order chi connectivity index (χ1) is 11.3. The molecule has 2 N–H and O–H groups in total. The summed E-state index contributed by atoms with van der Waals surface area (Å²) >= 11 is 0. The van der Waals surface area contributed by atoms with Crippen molar-refractivity contribution in [3.05, 3.63) is 0 Å². The molecule has 1 amide bonds. The number of ether oxygens (including phenoxy) is 1. The molecule has 0 aromatic carbocycles. The molecule has 1 unspecified atom stereocenters. The van der Waals surface area contributed by atoms with Gasteiger partial charge in [-0.25, -0.2) is 0 Å². The van der Waals surface area contributed by atoms with Crippen molar-refractivity contribution in [3.63, 3.8) is 0 Å². The maximum absolute atomic E-state index is 11.3. The summed E-state index contributed by atoms with van der Waals surface area (Å²) in [5.41, 5.74) is 0.0803. The monoisotopic (exact) mass is 341 g/mol. The molecule has 0 aliphatic carbocycles. The first kappa shape index (κ1) is 20.7. The van der Waals surface area contributed by atoms with Crippen molar-refractivity contribution in [1.82, 2.24) is 20.4 Å². The largest absolute Gasteiger partial charge is 0.379 e. The molecule has 7 heteroatoms. The summed E-state index contributed by atoms with van der Waals surface area (Å²) < 4.78 is 5.55. The van der Waals surface area contributed by atoms with E-state index in [-0.39, 0.29) is 17.4 Å². The summed E-state index contributed by atoms with van der Waals surface area (Å²) in [7, 11) is 3.52. The van der Waals surface area contributed by atoms with Gasteiger partial charge in [0.25, 0.3) is 0 Å².